The van der Waals surface area contributed by atoms with Gasteiger partial charge in [0.1, 0.15) is 17.8 Å². The maximum absolute atomic E-state index is 11.3. The molecule has 0 bridgehead atoms. The Morgan fingerprint density at radius 2 is 2.04 bits per heavy atom. The summed E-state index contributed by atoms with van der Waals surface area (Å²) in [5.41, 5.74) is 13.9. The minimum atomic E-state index is -0.487. The van der Waals surface area contributed by atoms with Crippen molar-refractivity contribution in [3.05, 3.63) is 36.2 Å². The van der Waals surface area contributed by atoms with Crippen LogP contribution in [0.25, 0.3) is 22.3 Å². The Kier molecular flexibility index (Phi) is 4.08. The highest BCUT2D eigenvalue weighted by atomic mass is 16.1. The third kappa shape index (κ3) is 2.91. The van der Waals surface area contributed by atoms with E-state index in [0.29, 0.717) is 34.7 Å². The second kappa shape index (κ2) is 6.57. The van der Waals surface area contributed by atoms with Crippen LogP contribution in [0, 0.1) is 11.5 Å². The molecule has 0 radical (unpaired) electrons. The molecule has 3 aromatic rings. The van der Waals surface area contributed by atoms with E-state index < -0.39 is 5.91 Å². The van der Waals surface area contributed by atoms with Gasteiger partial charge in [0.15, 0.2) is 11.8 Å². The molecule has 0 spiro atoms. The van der Waals surface area contributed by atoms with Crippen molar-refractivity contribution in [2.75, 3.05) is 18.8 Å². The molecule has 2 aromatic heterocycles. The summed E-state index contributed by atoms with van der Waals surface area (Å²) in [6.07, 6.45) is 5.43. The average molecular weight is 362 g/mol. The highest BCUT2D eigenvalue weighted by Gasteiger charge is 2.26. The minimum absolute atomic E-state index is 0.0221. The number of hydrogen-bond donors (Lipinski definition) is 2. The Balaban J connectivity index is 1.84. The predicted octanol–water partition coefficient (Wildman–Crippen LogP) is 1.29. The summed E-state index contributed by atoms with van der Waals surface area (Å²) in [6, 6.07) is 6.89. The molecule has 1 aliphatic heterocycles. The normalized spacial score (nSPS) is 17.0. The van der Waals surface area contributed by atoms with Gasteiger partial charge < -0.3 is 16.4 Å². The van der Waals surface area contributed by atoms with Gasteiger partial charge in [-0.25, -0.2) is 14.6 Å². The standard InChI is InChI=1S/C18H18N8O/c19-9-25-7-1-2-13(8-25)26-18-14(16(20)22-10-23-18)15(24-26)11-3-5-12(6-4-11)17(21)27/h3-6,10,13H,1-2,7-8H2,(H2,21,27)(H2,20,22,23). The Hall–Kier alpha value is -3.67. The molecule has 9 heteroatoms. The zero-order chi connectivity index (χ0) is 19.0. The number of nitrogen functional groups attached to an aromatic ring is 1. The summed E-state index contributed by atoms with van der Waals surface area (Å²) in [7, 11) is 0. The van der Waals surface area contributed by atoms with E-state index in [4.69, 9.17) is 16.6 Å². The number of primary amides is 1. The maximum Gasteiger partial charge on any atom is 0.248 e. The van der Waals surface area contributed by atoms with Crippen LogP contribution >= 0.6 is 0 Å². The number of fused-ring (bicyclic) bond motifs is 1. The average Bonchev–Trinajstić information content (AvgIpc) is 3.09. The first-order valence-electron chi connectivity index (χ1n) is 8.62. The molecule has 1 aliphatic rings. The van der Waals surface area contributed by atoms with Crippen LogP contribution in [0.3, 0.4) is 0 Å². The molecule has 136 valence electrons. The first-order chi connectivity index (χ1) is 13.1. The zero-order valence-corrected chi connectivity index (χ0v) is 14.5. The number of carbonyl (C=O) groups is 1. The monoisotopic (exact) mass is 362 g/mol. The number of anilines is 1. The molecular formula is C18H18N8O. The molecule has 1 amide bonds. The highest BCUT2D eigenvalue weighted by molar-refractivity contribution is 5.99. The molecule has 1 unspecified atom stereocenters. The van der Waals surface area contributed by atoms with Crippen LogP contribution in [-0.4, -0.2) is 43.6 Å². The Labute approximate surface area is 155 Å². The number of likely N-dealkylation sites (tertiary alicyclic amines) is 1. The molecule has 1 atom stereocenters. The lowest BCUT2D eigenvalue weighted by atomic mass is 10.1. The van der Waals surface area contributed by atoms with Crippen molar-refractivity contribution in [1.29, 1.82) is 5.26 Å². The predicted molar refractivity (Wildman–Crippen MR) is 99.1 cm³/mol. The van der Waals surface area contributed by atoms with E-state index in [-0.39, 0.29) is 6.04 Å². The molecule has 0 aliphatic carbocycles. The fourth-order valence-corrected chi connectivity index (χ4v) is 3.49. The van der Waals surface area contributed by atoms with Crippen molar-refractivity contribution in [2.45, 2.75) is 18.9 Å². The molecule has 9 nitrogen and oxygen atoms in total. The second-order valence-corrected chi connectivity index (χ2v) is 6.53. The van der Waals surface area contributed by atoms with Crippen LogP contribution < -0.4 is 11.5 Å². The Morgan fingerprint density at radius 1 is 1.26 bits per heavy atom. The number of carbonyl (C=O) groups excluding carboxylic acids is 1. The van der Waals surface area contributed by atoms with Crippen molar-refractivity contribution in [1.82, 2.24) is 24.6 Å². The topological polar surface area (TPSA) is 140 Å². The SMILES string of the molecule is N#CN1CCCC(n2nc(-c3ccc(C(N)=O)cc3)c3c(N)ncnc32)C1. The van der Waals surface area contributed by atoms with Gasteiger partial charge in [-0.3, -0.25) is 4.79 Å². The van der Waals surface area contributed by atoms with Gasteiger partial charge in [0, 0.05) is 17.7 Å². The van der Waals surface area contributed by atoms with Gasteiger partial charge in [-0.2, -0.15) is 10.4 Å². The summed E-state index contributed by atoms with van der Waals surface area (Å²) < 4.78 is 1.84. The zero-order valence-electron chi connectivity index (χ0n) is 14.5. The minimum Gasteiger partial charge on any atom is -0.383 e. The van der Waals surface area contributed by atoms with Crippen LogP contribution in [0.5, 0.6) is 0 Å². The third-order valence-electron chi connectivity index (χ3n) is 4.84. The van der Waals surface area contributed by atoms with E-state index in [2.05, 4.69) is 16.2 Å². The first kappa shape index (κ1) is 16.8. The number of aromatic nitrogens is 4. The molecule has 4 N–H and O–H groups in total. The van der Waals surface area contributed by atoms with E-state index in [0.717, 1.165) is 24.9 Å². The lowest BCUT2D eigenvalue weighted by Gasteiger charge is -2.28. The number of nitriles is 1. The molecule has 27 heavy (non-hydrogen) atoms. The maximum atomic E-state index is 11.3. The lowest BCUT2D eigenvalue weighted by molar-refractivity contribution is 0.100. The van der Waals surface area contributed by atoms with Crippen molar-refractivity contribution < 1.29 is 4.79 Å². The van der Waals surface area contributed by atoms with Gasteiger partial charge in [-0.1, -0.05) is 12.1 Å². The summed E-state index contributed by atoms with van der Waals surface area (Å²) in [5.74, 6) is -0.147. The van der Waals surface area contributed by atoms with Crippen molar-refractivity contribution in [3.63, 3.8) is 0 Å². The van der Waals surface area contributed by atoms with Crippen LogP contribution in [0.2, 0.25) is 0 Å². The second-order valence-electron chi connectivity index (χ2n) is 6.53. The van der Waals surface area contributed by atoms with Crippen LogP contribution in [0.4, 0.5) is 5.82 Å². The third-order valence-corrected chi connectivity index (χ3v) is 4.84. The smallest absolute Gasteiger partial charge is 0.248 e. The number of amides is 1. The van der Waals surface area contributed by atoms with Gasteiger partial charge in [0.25, 0.3) is 0 Å². The van der Waals surface area contributed by atoms with Crippen molar-refractivity contribution >= 4 is 22.8 Å². The summed E-state index contributed by atoms with van der Waals surface area (Å²) in [4.78, 5) is 21.5. The van der Waals surface area contributed by atoms with E-state index in [1.54, 1.807) is 29.2 Å². The molecule has 4 rings (SSSR count). The van der Waals surface area contributed by atoms with Gasteiger partial charge >= 0.3 is 0 Å². The van der Waals surface area contributed by atoms with E-state index in [1.165, 1.54) is 6.33 Å². The fourth-order valence-electron chi connectivity index (χ4n) is 3.49. The lowest BCUT2D eigenvalue weighted by Crippen LogP contribution is -2.33. The fraction of sp³-hybridized carbons (Fsp3) is 0.278. The van der Waals surface area contributed by atoms with Crippen molar-refractivity contribution in [2.24, 2.45) is 5.73 Å². The number of piperidine rings is 1. The van der Waals surface area contributed by atoms with Gasteiger partial charge in [0.2, 0.25) is 5.91 Å². The summed E-state index contributed by atoms with van der Waals surface area (Å²) in [6.45, 7) is 1.34. The van der Waals surface area contributed by atoms with E-state index >= 15 is 0 Å². The van der Waals surface area contributed by atoms with Crippen LogP contribution in [0.15, 0.2) is 30.6 Å². The first-order valence-corrected chi connectivity index (χ1v) is 8.62. The van der Waals surface area contributed by atoms with Gasteiger partial charge in [-0.05, 0) is 25.0 Å². The van der Waals surface area contributed by atoms with Gasteiger partial charge in [-0.15, -0.1) is 0 Å². The van der Waals surface area contributed by atoms with Crippen LogP contribution in [0.1, 0.15) is 29.2 Å². The van der Waals surface area contributed by atoms with Crippen LogP contribution in [-0.2, 0) is 0 Å². The quantitative estimate of drug-likeness (QED) is 0.669. The summed E-state index contributed by atoms with van der Waals surface area (Å²) >= 11 is 0. The number of benzene rings is 1. The van der Waals surface area contributed by atoms with E-state index in [9.17, 15) is 10.1 Å². The largest absolute Gasteiger partial charge is 0.383 e. The molecular weight excluding hydrogens is 344 g/mol. The molecule has 1 fully saturated rings. The Morgan fingerprint density at radius 3 is 2.74 bits per heavy atom. The van der Waals surface area contributed by atoms with Crippen molar-refractivity contribution in [3.8, 4) is 17.5 Å². The summed E-state index contributed by atoms with van der Waals surface area (Å²) in [5, 5.41) is 14.7. The number of rotatable bonds is 3. The highest BCUT2D eigenvalue weighted by Crippen LogP contribution is 2.33. The Bertz CT molecular complexity index is 1050. The number of nitrogens with two attached hydrogens (primary N) is 2. The molecule has 0 saturated carbocycles. The molecule has 3 heterocycles. The van der Waals surface area contributed by atoms with Gasteiger partial charge in [0.05, 0.1) is 18.0 Å². The molecule has 1 aromatic carbocycles. The number of hydrogen-bond acceptors (Lipinski definition) is 7. The number of nitrogens with zero attached hydrogens (tertiary/aromatic N) is 6. The van der Waals surface area contributed by atoms with E-state index in [1.807, 2.05) is 4.68 Å². The molecule has 1 saturated heterocycles.